The quantitative estimate of drug-likeness (QED) is 0.304. The van der Waals surface area contributed by atoms with E-state index in [9.17, 15) is 14.7 Å². The summed E-state index contributed by atoms with van der Waals surface area (Å²) in [6.45, 7) is 5.26. The Kier molecular flexibility index (Phi) is 6.82. The molecule has 3 aromatic rings. The lowest BCUT2D eigenvalue weighted by atomic mass is 9.93. The van der Waals surface area contributed by atoms with Crippen molar-refractivity contribution in [3.05, 3.63) is 89.5 Å². The van der Waals surface area contributed by atoms with Gasteiger partial charge in [-0.15, -0.1) is 0 Å². The first-order valence-corrected chi connectivity index (χ1v) is 11.4. The minimum Gasteiger partial charge on any atom is -0.507 e. The number of ether oxygens (including phenoxy) is 1. The molecule has 2 heterocycles. The molecule has 1 fully saturated rings. The van der Waals surface area contributed by atoms with Crippen molar-refractivity contribution >= 4 is 17.4 Å². The fourth-order valence-corrected chi connectivity index (χ4v) is 4.29. The van der Waals surface area contributed by atoms with E-state index in [0.29, 0.717) is 36.7 Å². The lowest BCUT2D eigenvalue weighted by molar-refractivity contribution is -0.139. The van der Waals surface area contributed by atoms with Crippen LogP contribution in [0.4, 0.5) is 0 Å². The molecule has 0 bridgehead atoms. The highest BCUT2D eigenvalue weighted by Crippen LogP contribution is 2.40. The zero-order valence-electron chi connectivity index (χ0n) is 19.6. The van der Waals surface area contributed by atoms with Crippen LogP contribution in [0, 0.1) is 0 Å². The number of hydrogen-bond acceptors (Lipinski definition) is 5. The fourth-order valence-electron chi connectivity index (χ4n) is 4.29. The minimum atomic E-state index is -0.680. The van der Waals surface area contributed by atoms with E-state index >= 15 is 0 Å². The van der Waals surface area contributed by atoms with E-state index in [1.54, 1.807) is 41.7 Å². The first-order chi connectivity index (χ1) is 16.4. The molecule has 1 amide bonds. The van der Waals surface area contributed by atoms with Crippen molar-refractivity contribution < 1.29 is 19.4 Å². The van der Waals surface area contributed by atoms with E-state index in [-0.39, 0.29) is 11.3 Å². The first kappa shape index (κ1) is 23.3. The van der Waals surface area contributed by atoms with Crippen LogP contribution in [-0.2, 0) is 16.1 Å². The van der Waals surface area contributed by atoms with Gasteiger partial charge in [0.2, 0.25) is 0 Å². The number of rotatable bonds is 8. The lowest BCUT2D eigenvalue weighted by Crippen LogP contribution is -2.31. The molecule has 1 aliphatic heterocycles. The van der Waals surface area contributed by atoms with Gasteiger partial charge in [-0.1, -0.05) is 50.2 Å². The minimum absolute atomic E-state index is 0.0955. The number of imidazole rings is 1. The maximum atomic E-state index is 13.2. The van der Waals surface area contributed by atoms with Crippen LogP contribution in [0.25, 0.3) is 5.76 Å². The highest BCUT2D eigenvalue weighted by Gasteiger charge is 2.45. The number of hydrogen-bond donors (Lipinski definition) is 1. The molecule has 1 saturated heterocycles. The van der Waals surface area contributed by atoms with Crippen LogP contribution in [-0.4, -0.2) is 44.9 Å². The van der Waals surface area contributed by atoms with Gasteiger partial charge in [-0.2, -0.15) is 0 Å². The van der Waals surface area contributed by atoms with Crippen molar-refractivity contribution in [1.82, 2.24) is 14.5 Å². The normalized spacial score (nSPS) is 17.5. The Morgan fingerprint density at radius 3 is 2.53 bits per heavy atom. The summed E-state index contributed by atoms with van der Waals surface area (Å²) < 4.78 is 7.20. The largest absolute Gasteiger partial charge is 0.507 e. The van der Waals surface area contributed by atoms with E-state index in [1.807, 2.05) is 35.0 Å². The predicted octanol–water partition coefficient (Wildman–Crippen LogP) is 4.53. The number of carbonyl (C=O) groups is 2. The van der Waals surface area contributed by atoms with Crippen molar-refractivity contribution in [2.24, 2.45) is 0 Å². The predicted molar refractivity (Wildman–Crippen MR) is 129 cm³/mol. The monoisotopic (exact) mass is 459 g/mol. The molecule has 2 aromatic carbocycles. The van der Waals surface area contributed by atoms with Crippen LogP contribution in [0.1, 0.15) is 48.9 Å². The lowest BCUT2D eigenvalue weighted by Gasteiger charge is -2.26. The fraction of sp³-hybridized carbons (Fsp3) is 0.296. The number of likely N-dealkylation sites (tertiary alicyclic amines) is 1. The van der Waals surface area contributed by atoms with E-state index in [4.69, 9.17) is 4.74 Å². The molecule has 0 spiro atoms. The second-order valence-electron chi connectivity index (χ2n) is 8.70. The first-order valence-electron chi connectivity index (χ1n) is 11.4. The highest BCUT2D eigenvalue weighted by molar-refractivity contribution is 6.46. The Morgan fingerprint density at radius 1 is 1.12 bits per heavy atom. The number of aliphatic hydroxyl groups excluding tert-OH is 1. The van der Waals surface area contributed by atoms with Gasteiger partial charge in [0.1, 0.15) is 11.5 Å². The van der Waals surface area contributed by atoms with E-state index in [1.165, 1.54) is 7.11 Å². The zero-order chi connectivity index (χ0) is 24.2. The van der Waals surface area contributed by atoms with Crippen molar-refractivity contribution in [3.63, 3.8) is 0 Å². The molecular formula is C27H29N3O4. The second kappa shape index (κ2) is 9.95. The molecule has 1 N–H and O–H groups in total. The Hall–Kier alpha value is -3.87. The maximum Gasteiger partial charge on any atom is 0.295 e. The van der Waals surface area contributed by atoms with Gasteiger partial charge < -0.3 is 19.3 Å². The Bertz CT molecular complexity index is 1200. The third kappa shape index (κ3) is 4.59. The molecule has 1 aliphatic rings. The SMILES string of the molecule is COc1cccc(C(O)=C2C(=O)C(=O)N(CCCn3ccnc3)[C@@H]2c2ccc(C(C)C)cc2)c1. The van der Waals surface area contributed by atoms with Gasteiger partial charge in [0.05, 0.1) is 25.1 Å². The summed E-state index contributed by atoms with van der Waals surface area (Å²) in [5.74, 6) is -0.579. The summed E-state index contributed by atoms with van der Waals surface area (Å²) in [7, 11) is 1.54. The van der Waals surface area contributed by atoms with Gasteiger partial charge in [-0.05, 0) is 35.6 Å². The van der Waals surface area contributed by atoms with Crippen molar-refractivity contribution in [1.29, 1.82) is 0 Å². The van der Waals surface area contributed by atoms with Gasteiger partial charge in [0.15, 0.2) is 0 Å². The summed E-state index contributed by atoms with van der Waals surface area (Å²) >= 11 is 0. The van der Waals surface area contributed by atoms with Crippen LogP contribution in [0.2, 0.25) is 0 Å². The van der Waals surface area contributed by atoms with Crippen molar-refractivity contribution in [2.45, 2.75) is 38.8 Å². The number of benzene rings is 2. The smallest absolute Gasteiger partial charge is 0.295 e. The number of aliphatic hydroxyl groups is 1. The summed E-state index contributed by atoms with van der Waals surface area (Å²) in [6.07, 6.45) is 5.93. The summed E-state index contributed by atoms with van der Waals surface area (Å²) in [5, 5.41) is 11.2. The molecule has 7 nitrogen and oxygen atoms in total. The van der Waals surface area contributed by atoms with Crippen LogP contribution < -0.4 is 4.74 Å². The highest BCUT2D eigenvalue weighted by atomic mass is 16.5. The van der Waals surface area contributed by atoms with Crippen LogP contribution in [0.5, 0.6) is 5.75 Å². The Morgan fingerprint density at radius 2 is 1.88 bits per heavy atom. The van der Waals surface area contributed by atoms with E-state index in [2.05, 4.69) is 18.8 Å². The summed E-state index contributed by atoms with van der Waals surface area (Å²) in [6, 6.07) is 14.1. The van der Waals surface area contributed by atoms with Crippen LogP contribution in [0.15, 0.2) is 72.8 Å². The molecule has 0 saturated carbocycles. The average Bonchev–Trinajstić information content (AvgIpc) is 3.46. The number of methoxy groups -OCH3 is 1. The van der Waals surface area contributed by atoms with E-state index < -0.39 is 17.7 Å². The average molecular weight is 460 g/mol. The molecule has 0 unspecified atom stereocenters. The molecule has 0 radical (unpaired) electrons. The van der Waals surface area contributed by atoms with Gasteiger partial charge in [0.25, 0.3) is 11.7 Å². The van der Waals surface area contributed by atoms with Gasteiger partial charge in [-0.25, -0.2) is 4.98 Å². The number of aromatic nitrogens is 2. The molecule has 1 atom stereocenters. The van der Waals surface area contributed by atoms with Gasteiger partial charge in [0, 0.05) is 31.0 Å². The molecule has 0 aliphatic carbocycles. The number of Topliss-reactive ketones (excluding diaryl/α,β-unsaturated/α-hetero) is 1. The Balaban J connectivity index is 1.74. The topological polar surface area (TPSA) is 84.7 Å². The molecule has 1 aromatic heterocycles. The number of amides is 1. The third-order valence-corrected chi connectivity index (χ3v) is 6.18. The number of nitrogens with zero attached hydrogens (tertiary/aromatic N) is 3. The van der Waals surface area contributed by atoms with E-state index in [0.717, 1.165) is 11.1 Å². The molecule has 7 heteroatoms. The molecule has 34 heavy (non-hydrogen) atoms. The van der Waals surface area contributed by atoms with Gasteiger partial charge in [-0.3, -0.25) is 9.59 Å². The standard InChI is InChI=1S/C27H29N3O4/c1-18(2)19-8-10-20(11-9-19)24-23(25(31)21-6-4-7-22(16-21)34-3)26(32)27(33)30(24)14-5-13-29-15-12-28-17-29/h4,6-12,15-18,24,31H,5,13-14H2,1-3H3/t24-/m1/s1. The number of ketones is 1. The molecular weight excluding hydrogens is 430 g/mol. The van der Waals surface area contributed by atoms with Crippen LogP contribution in [0.3, 0.4) is 0 Å². The Labute approximate surface area is 199 Å². The molecule has 4 rings (SSSR count). The number of carbonyl (C=O) groups excluding carboxylic acids is 2. The third-order valence-electron chi connectivity index (χ3n) is 6.18. The van der Waals surface area contributed by atoms with Crippen molar-refractivity contribution in [2.75, 3.05) is 13.7 Å². The maximum absolute atomic E-state index is 13.2. The summed E-state index contributed by atoms with van der Waals surface area (Å²) in [4.78, 5) is 31.9. The van der Waals surface area contributed by atoms with Crippen LogP contribution >= 0.6 is 0 Å². The number of aryl methyl sites for hydroxylation is 1. The summed E-state index contributed by atoms with van der Waals surface area (Å²) in [5.41, 5.74) is 2.47. The zero-order valence-corrected chi connectivity index (χ0v) is 19.6. The van der Waals surface area contributed by atoms with Crippen molar-refractivity contribution in [3.8, 4) is 5.75 Å². The molecule has 176 valence electrons. The second-order valence-corrected chi connectivity index (χ2v) is 8.70. The van der Waals surface area contributed by atoms with Gasteiger partial charge >= 0.3 is 0 Å².